The molecule has 6 heteroatoms. The van der Waals surface area contributed by atoms with Crippen LogP contribution in [0.15, 0.2) is 29.0 Å². The van der Waals surface area contributed by atoms with Gasteiger partial charge >= 0.3 is 0 Å². The number of furan rings is 1. The third-order valence-corrected chi connectivity index (χ3v) is 1.87. The monoisotopic (exact) mass is 228 g/mol. The van der Waals surface area contributed by atoms with Crippen LogP contribution in [0.4, 0.5) is 11.5 Å². The molecular weight excluding hydrogens is 216 g/mol. The molecule has 2 aromatic rings. The van der Waals surface area contributed by atoms with Crippen LogP contribution in [0.5, 0.6) is 0 Å². The zero-order valence-corrected chi connectivity index (χ0v) is 9.12. The largest absolute Gasteiger partial charge is 0.467 e. The molecule has 0 unspecified atom stereocenters. The van der Waals surface area contributed by atoms with Crippen molar-refractivity contribution in [2.75, 3.05) is 11.1 Å². The summed E-state index contributed by atoms with van der Waals surface area (Å²) in [6.45, 7) is 0.591. The van der Waals surface area contributed by atoms with Gasteiger partial charge in [0.1, 0.15) is 5.76 Å². The lowest BCUT2D eigenvalue weighted by molar-refractivity contribution is 0.517. The number of hydrogen-bond donors (Lipinski definition) is 2. The standard InChI is InChI=1S/C9H12N4O.ClH/c1-13-6-8(10)9(12-13)11-5-7-3-2-4-14-7;/h2-4,6H,5,10H2,1H3,(H,11,12);1H. The molecule has 0 aliphatic carbocycles. The molecular formula is C9H13ClN4O. The van der Waals surface area contributed by atoms with E-state index in [1.165, 1.54) is 0 Å². The third-order valence-electron chi connectivity index (χ3n) is 1.87. The quantitative estimate of drug-likeness (QED) is 0.838. The SMILES string of the molecule is Cl.Cn1cc(N)c(NCc2ccco2)n1. The highest BCUT2D eigenvalue weighted by Crippen LogP contribution is 2.15. The van der Waals surface area contributed by atoms with Gasteiger partial charge in [0, 0.05) is 13.2 Å². The Kier molecular flexibility index (Phi) is 3.62. The molecule has 0 atom stereocenters. The number of anilines is 2. The van der Waals surface area contributed by atoms with Crippen LogP contribution in [0, 0.1) is 0 Å². The average Bonchev–Trinajstić information content (AvgIpc) is 2.72. The average molecular weight is 229 g/mol. The summed E-state index contributed by atoms with van der Waals surface area (Å²) in [7, 11) is 1.83. The van der Waals surface area contributed by atoms with Crippen LogP contribution in [-0.4, -0.2) is 9.78 Å². The van der Waals surface area contributed by atoms with Crippen LogP contribution in [-0.2, 0) is 13.6 Å². The van der Waals surface area contributed by atoms with Gasteiger partial charge in [-0.2, -0.15) is 5.10 Å². The lowest BCUT2D eigenvalue weighted by Crippen LogP contribution is -2.01. The Morgan fingerprint density at radius 3 is 2.93 bits per heavy atom. The van der Waals surface area contributed by atoms with Crippen molar-refractivity contribution in [3.05, 3.63) is 30.4 Å². The van der Waals surface area contributed by atoms with E-state index in [1.54, 1.807) is 17.1 Å². The number of halogens is 1. The van der Waals surface area contributed by atoms with Gasteiger partial charge < -0.3 is 15.5 Å². The normalized spacial score (nSPS) is 9.67. The van der Waals surface area contributed by atoms with Crippen molar-refractivity contribution >= 4 is 23.9 Å². The zero-order valence-electron chi connectivity index (χ0n) is 8.30. The van der Waals surface area contributed by atoms with Crippen molar-refractivity contribution in [3.63, 3.8) is 0 Å². The molecule has 5 nitrogen and oxygen atoms in total. The molecule has 0 spiro atoms. The summed E-state index contributed by atoms with van der Waals surface area (Å²) in [4.78, 5) is 0. The number of nitrogens with one attached hydrogen (secondary N) is 1. The number of rotatable bonds is 3. The van der Waals surface area contributed by atoms with Crippen LogP contribution in [0.1, 0.15) is 5.76 Å². The molecule has 82 valence electrons. The second-order valence-electron chi connectivity index (χ2n) is 3.04. The summed E-state index contributed by atoms with van der Waals surface area (Å²) in [6.07, 6.45) is 3.39. The van der Waals surface area contributed by atoms with Crippen LogP contribution < -0.4 is 11.1 Å². The Hall–Kier alpha value is -1.62. The van der Waals surface area contributed by atoms with Gasteiger partial charge in [0.2, 0.25) is 0 Å². The maximum absolute atomic E-state index is 5.70. The van der Waals surface area contributed by atoms with Crippen molar-refractivity contribution in [1.29, 1.82) is 0 Å². The van der Waals surface area contributed by atoms with Crippen molar-refractivity contribution in [3.8, 4) is 0 Å². The molecule has 0 saturated heterocycles. The van der Waals surface area contributed by atoms with Crippen molar-refractivity contribution in [2.24, 2.45) is 7.05 Å². The summed E-state index contributed by atoms with van der Waals surface area (Å²) in [6, 6.07) is 3.74. The van der Waals surface area contributed by atoms with Gasteiger partial charge in [0.05, 0.1) is 18.5 Å². The maximum Gasteiger partial charge on any atom is 0.171 e. The first-order chi connectivity index (χ1) is 6.75. The zero-order chi connectivity index (χ0) is 9.97. The molecule has 2 aromatic heterocycles. The van der Waals surface area contributed by atoms with Crippen molar-refractivity contribution in [1.82, 2.24) is 9.78 Å². The third kappa shape index (κ3) is 2.66. The first-order valence-electron chi connectivity index (χ1n) is 4.31. The lowest BCUT2D eigenvalue weighted by atomic mass is 10.4. The van der Waals surface area contributed by atoms with E-state index in [1.807, 2.05) is 19.2 Å². The number of aryl methyl sites for hydroxylation is 1. The minimum Gasteiger partial charge on any atom is -0.467 e. The van der Waals surface area contributed by atoms with E-state index >= 15 is 0 Å². The maximum atomic E-state index is 5.70. The summed E-state index contributed by atoms with van der Waals surface area (Å²) >= 11 is 0. The number of nitrogens with zero attached hydrogens (tertiary/aromatic N) is 2. The first kappa shape index (κ1) is 11.5. The van der Waals surface area contributed by atoms with Crippen LogP contribution in [0.3, 0.4) is 0 Å². The van der Waals surface area contributed by atoms with Crippen LogP contribution >= 0.6 is 12.4 Å². The van der Waals surface area contributed by atoms with Gasteiger partial charge in [0.15, 0.2) is 5.82 Å². The van der Waals surface area contributed by atoms with Crippen molar-refractivity contribution in [2.45, 2.75) is 6.54 Å². The highest BCUT2D eigenvalue weighted by Gasteiger charge is 2.03. The van der Waals surface area contributed by atoms with Gasteiger partial charge in [-0.05, 0) is 12.1 Å². The second kappa shape index (κ2) is 4.75. The van der Waals surface area contributed by atoms with E-state index < -0.39 is 0 Å². The molecule has 0 aromatic carbocycles. The smallest absolute Gasteiger partial charge is 0.171 e. The molecule has 0 aliphatic rings. The van der Waals surface area contributed by atoms with Crippen molar-refractivity contribution < 1.29 is 4.42 Å². The van der Waals surface area contributed by atoms with E-state index in [4.69, 9.17) is 10.2 Å². The second-order valence-corrected chi connectivity index (χ2v) is 3.04. The molecule has 0 amide bonds. The lowest BCUT2D eigenvalue weighted by Gasteiger charge is -2.00. The molecule has 0 radical (unpaired) electrons. The number of hydrogen-bond acceptors (Lipinski definition) is 4. The Labute approximate surface area is 93.7 Å². The Morgan fingerprint density at radius 1 is 1.60 bits per heavy atom. The Morgan fingerprint density at radius 2 is 2.40 bits per heavy atom. The fourth-order valence-electron chi connectivity index (χ4n) is 1.23. The number of nitrogens with two attached hydrogens (primary N) is 1. The van der Waals surface area contributed by atoms with Gasteiger partial charge in [0.25, 0.3) is 0 Å². The molecule has 0 saturated carbocycles. The van der Waals surface area contributed by atoms with E-state index in [0.29, 0.717) is 18.1 Å². The molecule has 2 rings (SSSR count). The van der Waals surface area contributed by atoms with E-state index in [9.17, 15) is 0 Å². The predicted molar refractivity (Wildman–Crippen MR) is 60.9 cm³/mol. The Bertz CT molecular complexity index is 410. The first-order valence-corrected chi connectivity index (χ1v) is 4.31. The highest BCUT2D eigenvalue weighted by molar-refractivity contribution is 5.85. The number of nitrogen functional groups attached to an aromatic ring is 1. The van der Waals surface area contributed by atoms with Gasteiger partial charge in [-0.3, -0.25) is 4.68 Å². The van der Waals surface area contributed by atoms with E-state index in [2.05, 4.69) is 10.4 Å². The minimum atomic E-state index is 0. The van der Waals surface area contributed by atoms with Crippen LogP contribution in [0.25, 0.3) is 0 Å². The topological polar surface area (TPSA) is 69.0 Å². The van der Waals surface area contributed by atoms with Gasteiger partial charge in [-0.15, -0.1) is 12.4 Å². The summed E-state index contributed by atoms with van der Waals surface area (Å²) in [5.74, 6) is 1.54. The Balaban J connectivity index is 0.00000112. The fourth-order valence-corrected chi connectivity index (χ4v) is 1.23. The summed E-state index contributed by atoms with van der Waals surface area (Å²) in [5.41, 5.74) is 6.34. The van der Waals surface area contributed by atoms with E-state index in [0.717, 1.165) is 5.76 Å². The molecule has 0 aliphatic heterocycles. The molecule has 15 heavy (non-hydrogen) atoms. The summed E-state index contributed by atoms with van der Waals surface area (Å²) < 4.78 is 6.83. The number of aromatic nitrogens is 2. The van der Waals surface area contributed by atoms with E-state index in [-0.39, 0.29) is 12.4 Å². The molecule has 0 bridgehead atoms. The molecule has 3 N–H and O–H groups in total. The predicted octanol–water partition coefficient (Wildman–Crippen LogP) is 1.63. The summed E-state index contributed by atoms with van der Waals surface area (Å²) in [5, 5.41) is 7.23. The minimum absolute atomic E-state index is 0. The molecule has 0 fully saturated rings. The van der Waals surface area contributed by atoms with Crippen LogP contribution in [0.2, 0.25) is 0 Å². The fraction of sp³-hybridized carbons (Fsp3) is 0.222. The van der Waals surface area contributed by atoms with Gasteiger partial charge in [-0.1, -0.05) is 0 Å². The molecule has 2 heterocycles. The highest BCUT2D eigenvalue weighted by atomic mass is 35.5. The van der Waals surface area contributed by atoms with Gasteiger partial charge in [-0.25, -0.2) is 0 Å².